The maximum atomic E-state index is 3.47. The SMILES string of the molecule is C1=CC(C2CCSC2)NC1. The van der Waals surface area contributed by atoms with Gasteiger partial charge in [0.05, 0.1) is 0 Å². The molecule has 10 heavy (non-hydrogen) atoms. The molecule has 2 rings (SSSR count). The smallest absolute Gasteiger partial charge is 0.0289 e. The molecule has 2 unspecified atom stereocenters. The van der Waals surface area contributed by atoms with Crippen molar-refractivity contribution in [1.29, 1.82) is 0 Å². The number of hydrogen-bond acceptors (Lipinski definition) is 2. The summed E-state index contributed by atoms with van der Waals surface area (Å²) < 4.78 is 0. The molecule has 2 aliphatic rings. The third-order valence-corrected chi connectivity index (χ3v) is 3.48. The van der Waals surface area contributed by atoms with E-state index in [1.54, 1.807) is 0 Å². The molecule has 0 bridgehead atoms. The molecule has 1 N–H and O–H groups in total. The Labute approximate surface area is 66.3 Å². The fourth-order valence-corrected chi connectivity index (χ4v) is 2.96. The number of thioether (sulfide) groups is 1. The van der Waals surface area contributed by atoms with Gasteiger partial charge in [-0.05, 0) is 23.8 Å². The highest BCUT2D eigenvalue weighted by atomic mass is 32.2. The second kappa shape index (κ2) is 2.97. The Morgan fingerprint density at radius 2 is 2.50 bits per heavy atom. The van der Waals surface area contributed by atoms with Gasteiger partial charge in [-0.3, -0.25) is 0 Å². The van der Waals surface area contributed by atoms with Gasteiger partial charge in [0.2, 0.25) is 0 Å². The average molecular weight is 155 g/mol. The van der Waals surface area contributed by atoms with Crippen LogP contribution in [0.4, 0.5) is 0 Å². The van der Waals surface area contributed by atoms with E-state index in [1.165, 1.54) is 17.9 Å². The van der Waals surface area contributed by atoms with Gasteiger partial charge >= 0.3 is 0 Å². The lowest BCUT2D eigenvalue weighted by atomic mass is 10.0. The van der Waals surface area contributed by atoms with E-state index in [1.807, 2.05) is 0 Å². The standard InChI is InChI=1S/C8H13NS/c1-2-8(9-4-1)7-3-5-10-6-7/h1-2,7-9H,3-6H2. The van der Waals surface area contributed by atoms with Crippen LogP contribution in [0.5, 0.6) is 0 Å². The van der Waals surface area contributed by atoms with Crippen LogP contribution in [-0.2, 0) is 0 Å². The quantitative estimate of drug-likeness (QED) is 0.572. The van der Waals surface area contributed by atoms with E-state index in [9.17, 15) is 0 Å². The lowest BCUT2D eigenvalue weighted by Gasteiger charge is -2.15. The fourth-order valence-electron chi connectivity index (χ4n) is 1.65. The molecular formula is C8H13NS. The Balaban J connectivity index is 1.91. The van der Waals surface area contributed by atoms with Crippen LogP contribution in [0.1, 0.15) is 6.42 Å². The molecule has 2 heteroatoms. The third-order valence-electron chi connectivity index (χ3n) is 2.29. The van der Waals surface area contributed by atoms with Crippen LogP contribution in [0, 0.1) is 5.92 Å². The Kier molecular flexibility index (Phi) is 2.00. The van der Waals surface area contributed by atoms with Crippen molar-refractivity contribution in [2.75, 3.05) is 18.1 Å². The molecule has 0 aromatic rings. The lowest BCUT2D eigenvalue weighted by molar-refractivity contribution is 0.475. The van der Waals surface area contributed by atoms with Gasteiger partial charge in [0, 0.05) is 12.6 Å². The Morgan fingerprint density at radius 3 is 3.10 bits per heavy atom. The zero-order valence-electron chi connectivity index (χ0n) is 6.05. The third kappa shape index (κ3) is 1.23. The maximum Gasteiger partial charge on any atom is 0.0289 e. The van der Waals surface area contributed by atoms with Crippen LogP contribution in [0.25, 0.3) is 0 Å². The highest BCUT2D eigenvalue weighted by Crippen LogP contribution is 2.27. The molecule has 2 heterocycles. The van der Waals surface area contributed by atoms with Crippen molar-refractivity contribution in [1.82, 2.24) is 5.32 Å². The molecule has 0 amide bonds. The largest absolute Gasteiger partial charge is 0.307 e. The molecule has 56 valence electrons. The predicted molar refractivity (Wildman–Crippen MR) is 46.4 cm³/mol. The Morgan fingerprint density at radius 1 is 1.50 bits per heavy atom. The van der Waals surface area contributed by atoms with Crippen LogP contribution in [0.15, 0.2) is 12.2 Å². The predicted octanol–water partition coefficient (Wildman–Crippen LogP) is 1.27. The van der Waals surface area contributed by atoms with E-state index in [4.69, 9.17) is 0 Å². The van der Waals surface area contributed by atoms with E-state index in [0.717, 1.165) is 12.5 Å². The summed E-state index contributed by atoms with van der Waals surface area (Å²) in [5, 5.41) is 3.47. The molecule has 0 aromatic heterocycles. The minimum atomic E-state index is 0.704. The molecule has 2 atom stereocenters. The first-order valence-electron chi connectivity index (χ1n) is 3.94. The van der Waals surface area contributed by atoms with Crippen molar-refractivity contribution < 1.29 is 0 Å². The van der Waals surface area contributed by atoms with Crippen LogP contribution < -0.4 is 5.32 Å². The zero-order chi connectivity index (χ0) is 6.81. The molecule has 1 nitrogen and oxygen atoms in total. The van der Waals surface area contributed by atoms with Crippen molar-refractivity contribution in [2.45, 2.75) is 12.5 Å². The van der Waals surface area contributed by atoms with E-state index in [2.05, 4.69) is 29.2 Å². The van der Waals surface area contributed by atoms with E-state index in [0.29, 0.717) is 6.04 Å². The van der Waals surface area contributed by atoms with Gasteiger partial charge in [0.1, 0.15) is 0 Å². The van der Waals surface area contributed by atoms with Gasteiger partial charge < -0.3 is 5.32 Å². The molecule has 0 spiro atoms. The zero-order valence-corrected chi connectivity index (χ0v) is 6.86. The Hall–Kier alpha value is 0.0500. The number of nitrogens with one attached hydrogen (secondary N) is 1. The summed E-state index contributed by atoms with van der Waals surface area (Å²) >= 11 is 2.10. The van der Waals surface area contributed by atoms with Gasteiger partial charge in [-0.25, -0.2) is 0 Å². The highest BCUT2D eigenvalue weighted by Gasteiger charge is 2.24. The van der Waals surface area contributed by atoms with Crippen LogP contribution in [0.3, 0.4) is 0 Å². The van der Waals surface area contributed by atoms with Crippen LogP contribution >= 0.6 is 11.8 Å². The first-order valence-corrected chi connectivity index (χ1v) is 5.10. The number of rotatable bonds is 1. The molecule has 0 saturated carbocycles. The number of hydrogen-bond donors (Lipinski definition) is 1. The topological polar surface area (TPSA) is 12.0 Å². The second-order valence-electron chi connectivity index (χ2n) is 2.99. The van der Waals surface area contributed by atoms with E-state index >= 15 is 0 Å². The molecule has 1 fully saturated rings. The fraction of sp³-hybridized carbons (Fsp3) is 0.750. The van der Waals surface area contributed by atoms with E-state index in [-0.39, 0.29) is 0 Å². The summed E-state index contributed by atoms with van der Waals surface area (Å²) in [6.45, 7) is 1.09. The summed E-state index contributed by atoms with van der Waals surface area (Å²) in [4.78, 5) is 0. The molecule has 1 saturated heterocycles. The summed E-state index contributed by atoms with van der Waals surface area (Å²) in [5.74, 6) is 3.65. The molecular weight excluding hydrogens is 142 g/mol. The first-order chi connectivity index (χ1) is 4.97. The van der Waals surface area contributed by atoms with Crippen molar-refractivity contribution in [3.63, 3.8) is 0 Å². The van der Waals surface area contributed by atoms with Crippen LogP contribution in [0.2, 0.25) is 0 Å². The van der Waals surface area contributed by atoms with Gasteiger partial charge in [-0.1, -0.05) is 12.2 Å². The van der Waals surface area contributed by atoms with Crippen molar-refractivity contribution in [2.24, 2.45) is 5.92 Å². The molecule has 2 aliphatic heterocycles. The van der Waals surface area contributed by atoms with Crippen molar-refractivity contribution in [3.8, 4) is 0 Å². The highest BCUT2D eigenvalue weighted by molar-refractivity contribution is 7.99. The average Bonchev–Trinajstić information content (AvgIpc) is 2.59. The van der Waals surface area contributed by atoms with Gasteiger partial charge in [0.15, 0.2) is 0 Å². The van der Waals surface area contributed by atoms with Gasteiger partial charge in [-0.2, -0.15) is 11.8 Å². The monoisotopic (exact) mass is 155 g/mol. The Bertz CT molecular complexity index is 138. The second-order valence-corrected chi connectivity index (χ2v) is 4.14. The first kappa shape index (κ1) is 6.74. The van der Waals surface area contributed by atoms with Gasteiger partial charge in [-0.15, -0.1) is 0 Å². The molecule has 0 aliphatic carbocycles. The summed E-state index contributed by atoms with van der Waals surface area (Å²) in [7, 11) is 0. The summed E-state index contributed by atoms with van der Waals surface area (Å²) in [6.07, 6.45) is 5.98. The summed E-state index contributed by atoms with van der Waals surface area (Å²) in [5.41, 5.74) is 0. The maximum absolute atomic E-state index is 3.47. The van der Waals surface area contributed by atoms with Crippen LogP contribution in [-0.4, -0.2) is 24.1 Å². The van der Waals surface area contributed by atoms with Gasteiger partial charge in [0.25, 0.3) is 0 Å². The normalized spacial score (nSPS) is 39.2. The van der Waals surface area contributed by atoms with E-state index < -0.39 is 0 Å². The van der Waals surface area contributed by atoms with Crippen molar-refractivity contribution in [3.05, 3.63) is 12.2 Å². The lowest BCUT2D eigenvalue weighted by Crippen LogP contribution is -2.30. The minimum absolute atomic E-state index is 0.704. The molecule has 0 radical (unpaired) electrons. The molecule has 0 aromatic carbocycles. The summed E-state index contributed by atoms with van der Waals surface area (Å²) in [6, 6.07) is 0.704. The van der Waals surface area contributed by atoms with Crippen molar-refractivity contribution >= 4 is 11.8 Å². The minimum Gasteiger partial charge on any atom is -0.307 e.